The lowest BCUT2D eigenvalue weighted by Gasteiger charge is -2.08. The van der Waals surface area contributed by atoms with E-state index >= 15 is 0 Å². The summed E-state index contributed by atoms with van der Waals surface area (Å²) in [5.74, 6) is 0.177. The van der Waals surface area contributed by atoms with Crippen LogP contribution in [0.4, 0.5) is 0 Å². The Bertz CT molecular complexity index is 112. The van der Waals surface area contributed by atoms with Crippen LogP contribution in [0.3, 0.4) is 0 Å². The van der Waals surface area contributed by atoms with Crippen LogP contribution in [0.15, 0.2) is 0 Å². The SMILES string of the molecule is CSCCC(N[SiH3])C(=O)O. The number of nitrogens with one attached hydrogen (secondary N) is 1. The summed E-state index contributed by atoms with van der Waals surface area (Å²) in [7, 11) is 0.747. The standard InChI is InChI=1S/C5H13NO2SSi/c1-9-3-2-4(6-10)5(7)8/h4,6H,2-3H2,1,10H3,(H,7,8). The number of aliphatic carboxylic acids is 1. The van der Waals surface area contributed by atoms with Gasteiger partial charge in [-0.2, -0.15) is 11.8 Å². The number of carboxylic acid groups (broad SMARTS) is 1. The van der Waals surface area contributed by atoms with Gasteiger partial charge in [0.25, 0.3) is 0 Å². The molecule has 0 bridgehead atoms. The number of hydrogen-bond acceptors (Lipinski definition) is 3. The van der Waals surface area contributed by atoms with Gasteiger partial charge < -0.3 is 10.1 Å². The van der Waals surface area contributed by atoms with Crippen molar-refractivity contribution < 1.29 is 9.90 Å². The fourth-order valence-corrected chi connectivity index (χ4v) is 1.63. The van der Waals surface area contributed by atoms with Crippen molar-refractivity contribution in [2.24, 2.45) is 0 Å². The molecule has 1 unspecified atom stereocenters. The zero-order chi connectivity index (χ0) is 7.98. The summed E-state index contributed by atoms with van der Waals surface area (Å²) in [5.41, 5.74) is 0. The van der Waals surface area contributed by atoms with Gasteiger partial charge in [0.05, 0.1) is 16.4 Å². The van der Waals surface area contributed by atoms with Crippen molar-refractivity contribution in [1.29, 1.82) is 0 Å². The van der Waals surface area contributed by atoms with Crippen molar-refractivity contribution in [3.8, 4) is 0 Å². The van der Waals surface area contributed by atoms with E-state index in [9.17, 15) is 4.79 Å². The molecule has 0 fully saturated rings. The minimum Gasteiger partial charge on any atom is -0.480 e. The maximum atomic E-state index is 10.4. The highest BCUT2D eigenvalue weighted by atomic mass is 32.2. The molecule has 0 spiro atoms. The van der Waals surface area contributed by atoms with Crippen molar-refractivity contribution in [3.63, 3.8) is 0 Å². The van der Waals surface area contributed by atoms with Crippen LogP contribution >= 0.6 is 11.8 Å². The highest BCUT2D eigenvalue weighted by molar-refractivity contribution is 7.98. The summed E-state index contributed by atoms with van der Waals surface area (Å²) in [5, 5.41) is 8.55. The minimum atomic E-state index is -0.732. The molecule has 0 aliphatic rings. The maximum absolute atomic E-state index is 10.4. The largest absolute Gasteiger partial charge is 0.480 e. The van der Waals surface area contributed by atoms with Crippen LogP contribution in [-0.4, -0.2) is 39.5 Å². The van der Waals surface area contributed by atoms with Crippen LogP contribution in [0, 0.1) is 0 Å². The van der Waals surface area contributed by atoms with Gasteiger partial charge in [-0.3, -0.25) is 4.79 Å². The van der Waals surface area contributed by atoms with Crippen LogP contribution in [-0.2, 0) is 4.79 Å². The van der Waals surface area contributed by atoms with Crippen molar-refractivity contribution >= 4 is 28.1 Å². The predicted molar refractivity (Wildman–Crippen MR) is 47.5 cm³/mol. The Morgan fingerprint density at radius 3 is 2.80 bits per heavy atom. The van der Waals surface area contributed by atoms with Crippen LogP contribution in [0.5, 0.6) is 0 Å². The highest BCUT2D eigenvalue weighted by Crippen LogP contribution is 1.99. The van der Waals surface area contributed by atoms with E-state index in [0.29, 0.717) is 0 Å². The van der Waals surface area contributed by atoms with E-state index in [0.717, 1.165) is 22.6 Å². The van der Waals surface area contributed by atoms with Crippen LogP contribution in [0.2, 0.25) is 0 Å². The summed E-state index contributed by atoms with van der Waals surface area (Å²) in [4.78, 5) is 13.2. The summed E-state index contributed by atoms with van der Waals surface area (Å²) in [6.45, 7) is 0. The molecule has 1 atom stereocenters. The molecule has 0 heterocycles. The lowest BCUT2D eigenvalue weighted by molar-refractivity contribution is -0.138. The smallest absolute Gasteiger partial charge is 0.320 e. The topological polar surface area (TPSA) is 49.3 Å². The van der Waals surface area contributed by atoms with Gasteiger partial charge in [-0.15, -0.1) is 0 Å². The van der Waals surface area contributed by atoms with E-state index in [-0.39, 0.29) is 6.04 Å². The first kappa shape index (κ1) is 10.00. The van der Waals surface area contributed by atoms with E-state index in [1.165, 1.54) is 0 Å². The van der Waals surface area contributed by atoms with Crippen molar-refractivity contribution in [1.82, 2.24) is 4.98 Å². The zero-order valence-corrected chi connectivity index (χ0v) is 9.07. The molecule has 0 radical (unpaired) electrons. The Morgan fingerprint density at radius 1 is 1.90 bits per heavy atom. The third-order valence-corrected chi connectivity index (χ3v) is 2.60. The summed E-state index contributed by atoms with van der Waals surface area (Å²) < 4.78 is 0. The molecule has 0 rings (SSSR count). The van der Waals surface area contributed by atoms with Gasteiger partial charge in [0.15, 0.2) is 0 Å². The summed E-state index contributed by atoms with van der Waals surface area (Å²) in [6.07, 6.45) is 2.70. The molecule has 3 nitrogen and oxygen atoms in total. The zero-order valence-electron chi connectivity index (χ0n) is 6.26. The number of carbonyl (C=O) groups is 1. The Morgan fingerprint density at radius 2 is 2.50 bits per heavy atom. The second-order valence-corrected chi connectivity index (χ2v) is 3.52. The summed E-state index contributed by atoms with van der Waals surface area (Å²) in [6, 6.07) is -0.320. The molecule has 5 heteroatoms. The van der Waals surface area contributed by atoms with Gasteiger partial charge in [-0.05, 0) is 18.4 Å². The molecule has 0 amide bonds. The first-order valence-corrected chi connectivity index (χ1v) is 5.50. The minimum absolute atomic E-state index is 0.320. The molecule has 60 valence electrons. The molecule has 2 N–H and O–H groups in total. The number of thioether (sulfide) groups is 1. The number of rotatable bonds is 5. The molecular weight excluding hydrogens is 166 g/mol. The Hall–Kier alpha value is -0.00312. The van der Waals surface area contributed by atoms with E-state index < -0.39 is 5.97 Å². The molecule has 0 aromatic heterocycles. The number of carboxylic acids is 1. The average molecular weight is 179 g/mol. The first-order valence-electron chi connectivity index (χ1n) is 3.11. The molecule has 0 saturated carbocycles. The van der Waals surface area contributed by atoms with E-state index in [1.807, 2.05) is 6.26 Å². The Labute approximate surface area is 68.1 Å². The summed E-state index contributed by atoms with van der Waals surface area (Å²) >= 11 is 1.67. The average Bonchev–Trinajstić information content (AvgIpc) is 1.89. The van der Waals surface area contributed by atoms with Crippen molar-refractivity contribution in [2.75, 3.05) is 12.0 Å². The molecule has 0 aromatic rings. The lowest BCUT2D eigenvalue weighted by Crippen LogP contribution is -2.35. The molecule has 0 saturated heterocycles. The Balaban J connectivity index is 3.50. The number of hydrogen-bond donors (Lipinski definition) is 2. The van der Waals surface area contributed by atoms with E-state index in [2.05, 4.69) is 4.98 Å². The normalized spacial score (nSPS) is 13.3. The molecule has 10 heavy (non-hydrogen) atoms. The van der Waals surface area contributed by atoms with E-state index in [4.69, 9.17) is 5.11 Å². The van der Waals surface area contributed by atoms with Gasteiger partial charge in [-0.25, -0.2) is 0 Å². The first-order chi connectivity index (χ1) is 4.72. The molecular formula is C5H13NO2SSi. The lowest BCUT2D eigenvalue weighted by atomic mass is 10.2. The maximum Gasteiger partial charge on any atom is 0.320 e. The fourth-order valence-electron chi connectivity index (χ4n) is 0.627. The quantitative estimate of drug-likeness (QED) is 0.535. The molecule has 0 aliphatic heterocycles. The Kier molecular flexibility index (Phi) is 5.76. The highest BCUT2D eigenvalue weighted by Gasteiger charge is 2.12. The van der Waals surface area contributed by atoms with Gasteiger partial charge in [0.2, 0.25) is 0 Å². The van der Waals surface area contributed by atoms with Crippen LogP contribution < -0.4 is 4.98 Å². The second-order valence-electron chi connectivity index (χ2n) is 1.96. The second kappa shape index (κ2) is 5.76. The molecule has 0 aromatic carbocycles. The van der Waals surface area contributed by atoms with Gasteiger partial charge in [-0.1, -0.05) is 0 Å². The van der Waals surface area contributed by atoms with Crippen molar-refractivity contribution in [3.05, 3.63) is 0 Å². The van der Waals surface area contributed by atoms with Gasteiger partial charge in [0.1, 0.15) is 0 Å². The van der Waals surface area contributed by atoms with Crippen LogP contribution in [0.1, 0.15) is 6.42 Å². The van der Waals surface area contributed by atoms with Gasteiger partial charge in [0, 0.05) is 0 Å². The third kappa shape index (κ3) is 3.92. The fraction of sp³-hybridized carbons (Fsp3) is 0.800. The molecule has 0 aliphatic carbocycles. The third-order valence-electron chi connectivity index (χ3n) is 1.26. The van der Waals surface area contributed by atoms with E-state index in [1.54, 1.807) is 11.8 Å². The predicted octanol–water partition coefficient (Wildman–Crippen LogP) is -0.937. The van der Waals surface area contributed by atoms with Gasteiger partial charge >= 0.3 is 5.97 Å². The van der Waals surface area contributed by atoms with Crippen LogP contribution in [0.25, 0.3) is 0 Å². The monoisotopic (exact) mass is 179 g/mol. The van der Waals surface area contributed by atoms with Crippen molar-refractivity contribution in [2.45, 2.75) is 12.5 Å².